The van der Waals surface area contributed by atoms with E-state index in [9.17, 15) is 13.7 Å². The molecule has 0 bridgehead atoms. The first-order valence-corrected chi connectivity index (χ1v) is 8.48. The van der Waals surface area contributed by atoms with Crippen LogP contribution in [0.1, 0.15) is 0 Å². The smallest absolute Gasteiger partial charge is 0.538 e. The molecule has 0 aliphatic rings. The molecule has 0 atom stereocenters. The molecule has 0 saturated carbocycles. The second kappa shape index (κ2) is 32.8. The van der Waals surface area contributed by atoms with Gasteiger partial charge in [-0.25, -0.2) is 0 Å². The summed E-state index contributed by atoms with van der Waals surface area (Å²) in [5.74, 6) is 0. The van der Waals surface area contributed by atoms with Crippen molar-refractivity contribution < 1.29 is 194 Å². The molecule has 27 heteroatoms. The second-order valence-electron chi connectivity index (χ2n) is 2.43. The van der Waals surface area contributed by atoms with Gasteiger partial charge in [-0.15, -0.1) is 0 Å². The van der Waals surface area contributed by atoms with Crippen LogP contribution in [0.4, 0.5) is 14.4 Å². The Morgan fingerprint density at radius 3 is 0.467 bits per heavy atom. The SMILES string of the molecule is O.O.O.O.O.O.O=C([O-])P(=O)(O)O.O=C([O-])P(=O)(O)O.O=C([O-])P(=O)(O)O.[Na+].[Na+].[Na+]. The molecule has 18 N–H and O–H groups in total. The number of hydrogen-bond donors (Lipinski definition) is 6. The molecule has 0 fully saturated rings. The monoisotopic (exact) mass is 552 g/mol. The molecule has 174 valence electrons. The molecule has 0 aliphatic heterocycles. The fraction of sp³-hybridized carbons (Fsp3) is 0. The van der Waals surface area contributed by atoms with Crippen molar-refractivity contribution in [1.29, 1.82) is 0 Å². The fourth-order valence-electron chi connectivity index (χ4n) is 0. The predicted octanol–water partition coefficient (Wildman–Crippen LogP) is -18.4. The summed E-state index contributed by atoms with van der Waals surface area (Å²) in [6.07, 6.45) is 0. The van der Waals surface area contributed by atoms with Gasteiger partial charge >= 0.3 is 111 Å². The zero-order valence-electron chi connectivity index (χ0n) is 15.2. The van der Waals surface area contributed by atoms with Crippen LogP contribution in [0.25, 0.3) is 0 Å². The number of rotatable bonds is 3. The van der Waals surface area contributed by atoms with E-state index in [1.165, 1.54) is 0 Å². The second-order valence-corrected chi connectivity index (χ2v) is 6.79. The molecule has 0 aliphatic carbocycles. The summed E-state index contributed by atoms with van der Waals surface area (Å²) in [5.41, 5.74) is -7.02. The van der Waals surface area contributed by atoms with Gasteiger partial charge < -0.3 is 91.9 Å². The normalized spacial score (nSPS) is 7.80. The van der Waals surface area contributed by atoms with Gasteiger partial charge in [-0.05, 0) is 0 Å². The van der Waals surface area contributed by atoms with Gasteiger partial charge in [0.05, 0.1) is 0 Å². The van der Waals surface area contributed by atoms with Crippen molar-refractivity contribution in [2.24, 2.45) is 0 Å². The molecule has 30 heavy (non-hydrogen) atoms. The molecule has 0 saturated heterocycles. The minimum absolute atomic E-state index is 0. The first-order chi connectivity index (χ1) is 8.83. The molecule has 0 aromatic rings. The van der Waals surface area contributed by atoms with E-state index in [1.54, 1.807) is 0 Å². The Balaban J connectivity index is -0.0000000141. The van der Waals surface area contributed by atoms with Crippen molar-refractivity contribution in [1.82, 2.24) is 0 Å². The number of carbonyl (C=O) groups is 3. The summed E-state index contributed by atoms with van der Waals surface area (Å²) in [4.78, 5) is 72.7. The van der Waals surface area contributed by atoms with Crippen LogP contribution in [-0.4, -0.2) is 79.3 Å². The third-order valence-corrected chi connectivity index (χ3v) is 2.14. The van der Waals surface area contributed by atoms with Crippen LogP contribution in [0.15, 0.2) is 0 Å². The van der Waals surface area contributed by atoms with Gasteiger partial charge in [0.1, 0.15) is 0 Å². The maximum atomic E-state index is 9.36. The number of carbonyl (C=O) groups excluding carboxylic acids is 3. The van der Waals surface area contributed by atoms with Crippen molar-refractivity contribution in [3.63, 3.8) is 0 Å². The largest absolute Gasteiger partial charge is 1.00 e. The van der Waals surface area contributed by atoms with Crippen LogP contribution < -0.4 is 104 Å². The van der Waals surface area contributed by atoms with Crippen molar-refractivity contribution in [2.75, 3.05) is 0 Å². The summed E-state index contributed by atoms with van der Waals surface area (Å²) in [7, 11) is -14.8. The van der Waals surface area contributed by atoms with Gasteiger partial charge in [0, 0.05) is 0 Å². The minimum atomic E-state index is -4.93. The van der Waals surface area contributed by atoms with Gasteiger partial charge in [0.25, 0.3) is 0 Å². The van der Waals surface area contributed by atoms with E-state index in [0.29, 0.717) is 0 Å². The number of carboxylic acid groups (broad SMARTS) is 3. The zero-order valence-corrected chi connectivity index (χ0v) is 23.9. The van der Waals surface area contributed by atoms with Gasteiger partial charge in [0.15, 0.2) is 17.1 Å². The molecular weight excluding hydrogens is 534 g/mol. The Bertz CT molecular complexity index is 453. The van der Waals surface area contributed by atoms with E-state index < -0.39 is 39.9 Å². The van der Waals surface area contributed by atoms with E-state index in [1.807, 2.05) is 0 Å². The van der Waals surface area contributed by atoms with Gasteiger partial charge in [-0.2, -0.15) is 0 Å². The molecular formula is C3H18Na3O21P3. The number of hydrogen-bond acceptors (Lipinski definition) is 9. The first-order valence-electron chi connectivity index (χ1n) is 3.64. The van der Waals surface area contributed by atoms with E-state index in [0.717, 1.165) is 0 Å². The molecule has 0 radical (unpaired) electrons. The van der Waals surface area contributed by atoms with Gasteiger partial charge in [0.2, 0.25) is 0 Å². The Hall–Kier alpha value is 1.62. The van der Waals surface area contributed by atoms with Crippen LogP contribution >= 0.6 is 22.8 Å². The third-order valence-electron chi connectivity index (χ3n) is 0.714. The summed E-state index contributed by atoms with van der Waals surface area (Å²) >= 11 is 0. The van der Waals surface area contributed by atoms with Crippen molar-refractivity contribution >= 4 is 39.9 Å². The fourth-order valence-corrected chi connectivity index (χ4v) is 0. The maximum absolute atomic E-state index is 9.36. The molecule has 0 aromatic carbocycles. The van der Waals surface area contributed by atoms with Gasteiger partial charge in [-0.3, -0.25) is 13.7 Å². The summed E-state index contributed by atoms with van der Waals surface area (Å²) in [6, 6.07) is 0. The van der Waals surface area contributed by atoms with Crippen LogP contribution in [0.5, 0.6) is 0 Å². The summed E-state index contributed by atoms with van der Waals surface area (Å²) in [6.45, 7) is 0. The molecule has 0 rings (SSSR count). The van der Waals surface area contributed by atoms with Crippen LogP contribution in [0, 0.1) is 0 Å². The Labute approximate surface area is 232 Å². The Morgan fingerprint density at radius 1 is 0.433 bits per heavy atom. The Kier molecular flexibility index (Phi) is 84.2. The van der Waals surface area contributed by atoms with Crippen LogP contribution in [-0.2, 0) is 13.7 Å². The van der Waals surface area contributed by atoms with E-state index in [-0.39, 0.29) is 122 Å². The minimum Gasteiger partial charge on any atom is -0.538 e. The van der Waals surface area contributed by atoms with Crippen molar-refractivity contribution in [3.8, 4) is 0 Å². The van der Waals surface area contributed by atoms with Gasteiger partial charge in [-0.1, -0.05) is 0 Å². The molecule has 21 nitrogen and oxygen atoms in total. The molecule has 0 unspecified atom stereocenters. The first kappa shape index (κ1) is 77.0. The summed E-state index contributed by atoms with van der Waals surface area (Å²) in [5, 5.41) is 27.4. The van der Waals surface area contributed by atoms with E-state index >= 15 is 0 Å². The average molecular weight is 552 g/mol. The average Bonchev–Trinajstić information content (AvgIpc) is 2.14. The topological polar surface area (TPSA) is 482 Å². The van der Waals surface area contributed by atoms with E-state index in [4.69, 9.17) is 59.1 Å². The van der Waals surface area contributed by atoms with Crippen LogP contribution in [0.3, 0.4) is 0 Å². The van der Waals surface area contributed by atoms with Crippen LogP contribution in [0.2, 0.25) is 0 Å². The quantitative estimate of drug-likeness (QED) is 0.140. The Morgan fingerprint density at radius 2 is 0.467 bits per heavy atom. The maximum Gasteiger partial charge on any atom is 1.00 e. The van der Waals surface area contributed by atoms with Crippen molar-refractivity contribution in [3.05, 3.63) is 0 Å². The molecule has 0 heterocycles. The molecule has 0 spiro atoms. The van der Waals surface area contributed by atoms with Crippen molar-refractivity contribution in [2.45, 2.75) is 0 Å². The standard InChI is InChI=1S/3CH3O5P.3Na.6H2O/c3*2-1(3)7(4,5)6;;;;;;;;;/h3*(H,2,3)(H2,4,5,6);;;;6*1H2/q;;;3*+1;;;;;;/p-3. The predicted molar refractivity (Wildman–Crippen MR) is 74.0 cm³/mol. The molecule has 0 amide bonds. The summed E-state index contributed by atoms with van der Waals surface area (Å²) < 4.78 is 28.1. The third kappa shape index (κ3) is 63.0. The molecule has 0 aromatic heterocycles. The van der Waals surface area contributed by atoms with E-state index in [2.05, 4.69) is 0 Å². The zero-order chi connectivity index (χ0) is 18.2.